The molecule has 1 atom stereocenters. The largest absolute Gasteiger partial charge is 0.354 e. The molecule has 2 aliphatic rings. The predicted octanol–water partition coefficient (Wildman–Crippen LogP) is 2.57. The number of hydrogen-bond donors (Lipinski definition) is 3. The topological polar surface area (TPSA) is 111 Å². The van der Waals surface area contributed by atoms with Gasteiger partial charge in [-0.25, -0.2) is 10.5 Å². The highest BCUT2D eigenvalue weighted by Crippen LogP contribution is 2.52. The Balaban J connectivity index is 1.46. The molecule has 2 saturated carbocycles. The Kier molecular flexibility index (Phi) is 7.95. The van der Waals surface area contributed by atoms with Crippen molar-refractivity contribution in [3.63, 3.8) is 0 Å². The van der Waals surface area contributed by atoms with Crippen molar-refractivity contribution in [1.29, 1.82) is 0 Å². The summed E-state index contributed by atoms with van der Waals surface area (Å²) >= 11 is 1.32. The maximum Gasteiger partial charge on any atom is 0.246 e. The molecular weight excluding hydrogens is 450 g/mol. The van der Waals surface area contributed by atoms with Crippen LogP contribution in [0, 0.1) is 37.5 Å². The van der Waals surface area contributed by atoms with Crippen LogP contribution in [-0.4, -0.2) is 40.2 Å². The first-order valence-corrected chi connectivity index (χ1v) is 13.6. The molecule has 1 unspecified atom stereocenters. The van der Waals surface area contributed by atoms with E-state index >= 15 is 0 Å². The van der Waals surface area contributed by atoms with E-state index in [9.17, 15) is 9.59 Å². The molecule has 2 aliphatic carbocycles. The van der Waals surface area contributed by atoms with Gasteiger partial charge in [0.2, 0.25) is 11.8 Å². The van der Waals surface area contributed by atoms with Crippen molar-refractivity contribution < 1.29 is 14.3 Å². The second-order valence-electron chi connectivity index (χ2n) is 9.43. The van der Waals surface area contributed by atoms with Crippen LogP contribution < -0.4 is 16.6 Å². The number of nitrogens with zero attached hydrogens (tertiary/aromatic N) is 2. The van der Waals surface area contributed by atoms with Crippen molar-refractivity contribution in [2.45, 2.75) is 46.3 Å². The van der Waals surface area contributed by atoms with E-state index in [0.29, 0.717) is 30.9 Å². The van der Waals surface area contributed by atoms with Crippen molar-refractivity contribution in [3.05, 3.63) is 35.7 Å². The number of nitrogens with two attached hydrogens (primary N) is 1. The van der Waals surface area contributed by atoms with Crippen molar-refractivity contribution >= 4 is 29.3 Å². The van der Waals surface area contributed by atoms with Gasteiger partial charge in [0.05, 0.1) is 18.6 Å². The van der Waals surface area contributed by atoms with Crippen LogP contribution >= 0.6 is 0 Å². The molecular formula is C25H36N5O3S+. The predicted molar refractivity (Wildman–Crippen MR) is 136 cm³/mol. The molecule has 2 aromatic rings. The van der Waals surface area contributed by atoms with Crippen LogP contribution in [0.2, 0.25) is 0 Å². The molecule has 184 valence electrons. The highest BCUT2D eigenvalue weighted by Gasteiger charge is 2.50. The Hall–Kier alpha value is -2.36. The lowest BCUT2D eigenvalue weighted by molar-refractivity contribution is -0.135. The monoisotopic (exact) mass is 486 g/mol. The maximum atomic E-state index is 13.2. The normalized spacial score (nSPS) is 16.5. The first-order valence-electron chi connectivity index (χ1n) is 12.0. The molecule has 34 heavy (non-hydrogen) atoms. The van der Waals surface area contributed by atoms with Crippen molar-refractivity contribution in [3.8, 4) is 11.1 Å². The van der Waals surface area contributed by atoms with Crippen LogP contribution in [0.5, 0.6) is 0 Å². The van der Waals surface area contributed by atoms with E-state index in [1.807, 2.05) is 42.8 Å². The number of thiol groups is 1. The maximum absolute atomic E-state index is 13.2. The highest BCUT2D eigenvalue weighted by atomic mass is 32.2. The molecule has 4 N–H and O–H groups in total. The highest BCUT2D eigenvalue weighted by molar-refractivity contribution is 7.77. The smallest absolute Gasteiger partial charge is 0.246 e. The molecule has 1 aromatic carbocycles. The van der Waals surface area contributed by atoms with Crippen molar-refractivity contribution in [1.82, 2.24) is 15.2 Å². The summed E-state index contributed by atoms with van der Waals surface area (Å²) in [5.74, 6) is 6.03. The van der Waals surface area contributed by atoms with Gasteiger partial charge in [-0.3, -0.25) is 15.0 Å². The molecule has 8 nitrogen and oxygen atoms in total. The average Bonchev–Trinajstić information content (AvgIpc) is 3.75. The summed E-state index contributed by atoms with van der Waals surface area (Å²) in [6, 6.07) is 7.71. The summed E-state index contributed by atoms with van der Waals surface area (Å²) in [5, 5.41) is 7.59. The zero-order valence-corrected chi connectivity index (χ0v) is 21.1. The van der Waals surface area contributed by atoms with E-state index in [4.69, 9.17) is 10.6 Å². The molecule has 2 amide bonds. The lowest BCUT2D eigenvalue weighted by Crippen LogP contribution is -2.46. The summed E-state index contributed by atoms with van der Waals surface area (Å²) in [5.41, 5.74) is 6.96. The molecule has 2 fully saturated rings. The minimum absolute atomic E-state index is 0.0815. The van der Waals surface area contributed by atoms with Gasteiger partial charge < -0.3 is 10.1 Å². The van der Waals surface area contributed by atoms with Gasteiger partial charge in [0, 0.05) is 16.9 Å². The van der Waals surface area contributed by atoms with Gasteiger partial charge in [-0.15, -0.1) is 0 Å². The molecule has 1 heterocycles. The van der Waals surface area contributed by atoms with Crippen LogP contribution in [0.4, 0.5) is 5.69 Å². The summed E-state index contributed by atoms with van der Waals surface area (Å²) in [6.07, 6.45) is 6.48. The second-order valence-corrected chi connectivity index (χ2v) is 10.5. The van der Waals surface area contributed by atoms with E-state index in [-0.39, 0.29) is 11.8 Å². The fourth-order valence-corrected chi connectivity index (χ4v) is 5.25. The molecule has 1 aromatic heterocycles. The number of rotatable bonds is 12. The zero-order chi connectivity index (χ0) is 24.2. The number of ether oxygens (including phenoxy) is 1. The quantitative estimate of drug-likeness (QED) is 0.0812. The molecule has 9 heteroatoms. The molecule has 4 rings (SSSR count). The minimum atomic E-state index is -0.750. The first-order chi connectivity index (χ1) is 16.4. The first kappa shape index (κ1) is 24.8. The van der Waals surface area contributed by atoms with Gasteiger partial charge in [-0.1, -0.05) is 12.1 Å². The van der Waals surface area contributed by atoms with E-state index in [1.165, 1.54) is 11.8 Å². The third-order valence-electron chi connectivity index (χ3n) is 6.92. The van der Waals surface area contributed by atoms with Crippen molar-refractivity contribution in [2.75, 3.05) is 23.9 Å². The SMILES string of the molecule is C[SH+]CCOCn1nc(C)c(-c2ccc(NC(=O)C(C(=O)NN)C(C3CC3)C3CC3)cc2)c1C. The zero-order valence-electron chi connectivity index (χ0n) is 20.2. The van der Waals surface area contributed by atoms with Gasteiger partial charge in [0.1, 0.15) is 18.4 Å². The van der Waals surface area contributed by atoms with Crippen LogP contribution in [0.3, 0.4) is 0 Å². The molecule has 0 spiro atoms. The number of anilines is 1. The standard InChI is InChI=1S/C25H35N5O3S/c1-15-21(16(2)30(29-15)14-33-12-13-34-3)17-8-10-20(11-9-17)27-24(31)23(25(32)28-26)22(18-4-5-18)19-6-7-19/h8-11,18-19,22-23H,4-7,12-14,26H2,1-3H3,(H,27,31)(H,28,32)/p+1. The molecule has 0 saturated heterocycles. The van der Waals surface area contributed by atoms with Crippen LogP contribution in [0.25, 0.3) is 11.1 Å². The lowest BCUT2D eigenvalue weighted by atomic mass is 9.82. The number of hydrazine groups is 1. The summed E-state index contributed by atoms with van der Waals surface area (Å²) in [6.45, 7) is 5.18. The number of amides is 2. The van der Waals surface area contributed by atoms with Crippen LogP contribution in [0.15, 0.2) is 24.3 Å². The van der Waals surface area contributed by atoms with E-state index < -0.39 is 11.8 Å². The number of benzene rings is 1. The third kappa shape index (κ3) is 5.64. The van der Waals surface area contributed by atoms with Gasteiger partial charge in [0.15, 0.2) is 0 Å². The minimum Gasteiger partial charge on any atom is -0.354 e. The number of carbonyl (C=O) groups excluding carboxylic acids is 2. The third-order valence-corrected chi connectivity index (χ3v) is 7.55. The number of aryl methyl sites for hydroxylation is 1. The van der Waals surface area contributed by atoms with E-state index in [1.54, 1.807) is 0 Å². The average molecular weight is 487 g/mol. The van der Waals surface area contributed by atoms with Gasteiger partial charge >= 0.3 is 0 Å². The Labute approximate surface area is 205 Å². The van der Waals surface area contributed by atoms with Crippen LogP contribution in [0.1, 0.15) is 37.1 Å². The molecule has 0 aliphatic heterocycles. The van der Waals surface area contributed by atoms with Gasteiger partial charge in [-0.2, -0.15) is 5.10 Å². The Morgan fingerprint density at radius 2 is 1.79 bits per heavy atom. The summed E-state index contributed by atoms with van der Waals surface area (Å²) < 4.78 is 7.61. The van der Waals surface area contributed by atoms with Gasteiger partial charge in [0.25, 0.3) is 0 Å². The summed E-state index contributed by atoms with van der Waals surface area (Å²) in [7, 11) is 0. The number of aromatic nitrogens is 2. The lowest BCUT2D eigenvalue weighted by Gasteiger charge is -2.25. The fourth-order valence-electron chi connectivity index (χ4n) is 4.94. The second kappa shape index (κ2) is 10.9. The Morgan fingerprint density at radius 3 is 2.35 bits per heavy atom. The molecule has 0 bridgehead atoms. The van der Waals surface area contributed by atoms with Crippen LogP contribution in [-0.2, 0) is 32.8 Å². The Bertz CT molecular complexity index is 1000. The Morgan fingerprint density at radius 1 is 1.15 bits per heavy atom. The fraction of sp³-hybridized carbons (Fsp3) is 0.560. The van der Waals surface area contributed by atoms with E-state index in [2.05, 4.69) is 22.1 Å². The van der Waals surface area contributed by atoms with E-state index in [0.717, 1.165) is 54.0 Å². The van der Waals surface area contributed by atoms with Crippen molar-refractivity contribution in [2.24, 2.45) is 29.5 Å². The van der Waals surface area contributed by atoms with Gasteiger partial charge in [-0.05, 0) is 86.7 Å². The molecule has 0 radical (unpaired) electrons. The number of carbonyl (C=O) groups is 2. The summed E-state index contributed by atoms with van der Waals surface area (Å²) in [4.78, 5) is 25.7. The number of hydrogen-bond acceptors (Lipinski definition) is 5. The number of nitrogens with one attached hydrogen (secondary N) is 2.